The van der Waals surface area contributed by atoms with Gasteiger partial charge in [-0.2, -0.15) is 0 Å². The Kier molecular flexibility index (Phi) is 6.31. The van der Waals surface area contributed by atoms with Crippen LogP contribution in [0.4, 0.5) is 4.79 Å². The van der Waals surface area contributed by atoms with Gasteiger partial charge in [-0.3, -0.25) is 14.9 Å². The van der Waals surface area contributed by atoms with E-state index < -0.39 is 17.5 Å². The first-order valence-electron chi connectivity index (χ1n) is 13.2. The highest BCUT2D eigenvalue weighted by Crippen LogP contribution is 2.33. The molecule has 1 saturated heterocycles. The topological polar surface area (TPSA) is 116 Å². The Hall–Kier alpha value is -4.97. The van der Waals surface area contributed by atoms with Crippen LogP contribution in [0.2, 0.25) is 0 Å². The number of H-pyrrole nitrogens is 1. The molecule has 3 aliphatic rings. The first-order valence-corrected chi connectivity index (χ1v) is 13.2. The fourth-order valence-corrected chi connectivity index (χ4v) is 5.50. The molecule has 3 aliphatic heterocycles. The molecule has 0 spiro atoms. The van der Waals surface area contributed by atoms with Gasteiger partial charge in [-0.05, 0) is 53.4 Å². The second kappa shape index (κ2) is 9.97. The molecule has 0 radical (unpaired) electrons. The number of amides is 4. The second-order valence-corrected chi connectivity index (χ2v) is 10.4. The van der Waals surface area contributed by atoms with Crippen LogP contribution in [0.3, 0.4) is 0 Å². The van der Waals surface area contributed by atoms with Crippen molar-refractivity contribution in [2.75, 3.05) is 20.2 Å². The van der Waals surface area contributed by atoms with Crippen molar-refractivity contribution in [3.05, 3.63) is 101 Å². The van der Waals surface area contributed by atoms with Crippen molar-refractivity contribution < 1.29 is 19.1 Å². The molecule has 40 heavy (non-hydrogen) atoms. The van der Waals surface area contributed by atoms with E-state index in [2.05, 4.69) is 51.8 Å². The Morgan fingerprint density at radius 1 is 1.12 bits per heavy atom. The molecule has 2 aromatic carbocycles. The first-order chi connectivity index (χ1) is 19.3. The minimum absolute atomic E-state index is 0.0367. The van der Waals surface area contributed by atoms with Crippen molar-refractivity contribution in [3.63, 3.8) is 0 Å². The molecule has 4 N–H and O–H groups in total. The van der Waals surface area contributed by atoms with Crippen molar-refractivity contribution >= 4 is 17.8 Å². The maximum atomic E-state index is 13.2. The minimum Gasteiger partial charge on any atom is -0.497 e. The van der Waals surface area contributed by atoms with Gasteiger partial charge in [-0.1, -0.05) is 43.0 Å². The third-order valence-electron chi connectivity index (χ3n) is 7.57. The molecular weight excluding hydrogens is 506 g/mol. The van der Waals surface area contributed by atoms with E-state index in [9.17, 15) is 14.4 Å². The molecule has 1 aromatic heterocycles. The number of aromatic amines is 1. The lowest BCUT2D eigenvalue weighted by molar-refractivity contribution is -0.122. The Morgan fingerprint density at radius 3 is 2.60 bits per heavy atom. The molecule has 9 nitrogen and oxygen atoms in total. The second-order valence-electron chi connectivity index (χ2n) is 10.4. The summed E-state index contributed by atoms with van der Waals surface area (Å²) < 4.78 is 5.25. The number of carbonyl (C=O) groups is 3. The molecule has 1 fully saturated rings. The summed E-state index contributed by atoms with van der Waals surface area (Å²) in [4.78, 5) is 43.2. The number of imide groups is 1. The number of rotatable bonds is 6. The quantitative estimate of drug-likeness (QED) is 0.286. The number of fused-ring (bicyclic) bond motifs is 1. The number of aromatic nitrogens is 1. The maximum Gasteiger partial charge on any atom is 0.323 e. The fraction of sp³-hybridized carbons (Fsp3) is 0.258. The average Bonchev–Trinajstić information content (AvgIpc) is 3.74. The number of hydrogen-bond donors (Lipinski definition) is 4. The van der Waals surface area contributed by atoms with Crippen LogP contribution in [-0.4, -0.2) is 53.5 Å². The van der Waals surface area contributed by atoms with Gasteiger partial charge in [0, 0.05) is 41.8 Å². The van der Waals surface area contributed by atoms with Gasteiger partial charge in [0.25, 0.3) is 11.8 Å². The van der Waals surface area contributed by atoms with Crippen molar-refractivity contribution in [2.24, 2.45) is 5.92 Å². The van der Waals surface area contributed by atoms with E-state index in [-0.39, 0.29) is 18.4 Å². The summed E-state index contributed by atoms with van der Waals surface area (Å²) in [6.45, 7) is 3.31. The van der Waals surface area contributed by atoms with Crippen LogP contribution in [0.15, 0.2) is 72.6 Å². The third-order valence-corrected chi connectivity index (χ3v) is 7.57. The van der Waals surface area contributed by atoms with Crippen LogP contribution in [-0.2, 0) is 11.3 Å². The minimum atomic E-state index is -1.57. The molecule has 3 aromatic rings. The summed E-state index contributed by atoms with van der Waals surface area (Å²) in [6.07, 6.45) is 4.18. The van der Waals surface area contributed by atoms with Crippen LogP contribution in [0.5, 0.6) is 5.75 Å². The molecule has 0 aliphatic carbocycles. The van der Waals surface area contributed by atoms with Crippen LogP contribution >= 0.6 is 0 Å². The van der Waals surface area contributed by atoms with Crippen molar-refractivity contribution in [1.29, 1.82) is 0 Å². The molecule has 4 heterocycles. The lowest BCUT2D eigenvalue weighted by atomic mass is 9.91. The Balaban J connectivity index is 1.26. The number of ether oxygens (including phenoxy) is 1. The molecule has 0 saturated carbocycles. The van der Waals surface area contributed by atoms with Gasteiger partial charge in [-0.25, -0.2) is 4.79 Å². The van der Waals surface area contributed by atoms with Crippen LogP contribution < -0.4 is 20.7 Å². The van der Waals surface area contributed by atoms with Gasteiger partial charge in [0.15, 0.2) is 0 Å². The van der Waals surface area contributed by atoms with E-state index in [1.54, 1.807) is 12.1 Å². The monoisotopic (exact) mass is 535 g/mol. The molecular formula is C31H29N5O4. The zero-order chi connectivity index (χ0) is 27.9. The Morgan fingerprint density at radius 2 is 1.95 bits per heavy atom. The third kappa shape index (κ3) is 4.58. The standard InChI is InChI=1S/C31H29N5O4/c1-19-14-26(33-16-19)27(25-4-3-13-32-25)21-7-5-20(6-8-21)11-12-31(29(38)34-30(39)35-31)18-36-17-22-9-10-23(40-2)15-24(22)28(36)37/h3-10,13-15,19,27,32-33H,16-18H2,1-2H3,(H2,34,35,38,39). The van der Waals surface area contributed by atoms with E-state index in [1.807, 2.05) is 42.6 Å². The lowest BCUT2D eigenvalue weighted by Crippen LogP contribution is -2.54. The molecule has 3 atom stereocenters. The van der Waals surface area contributed by atoms with Gasteiger partial charge in [0.05, 0.1) is 19.6 Å². The highest BCUT2D eigenvalue weighted by Gasteiger charge is 2.48. The van der Waals surface area contributed by atoms with Crippen LogP contribution in [0.1, 0.15) is 45.6 Å². The normalized spacial score (nSPS) is 22.1. The number of carbonyl (C=O) groups excluding carboxylic acids is 3. The Labute approximate surface area is 232 Å². The van der Waals surface area contributed by atoms with E-state index in [1.165, 1.54) is 12.0 Å². The summed E-state index contributed by atoms with van der Waals surface area (Å²) in [7, 11) is 1.54. The van der Waals surface area contributed by atoms with E-state index in [4.69, 9.17) is 4.74 Å². The highest BCUT2D eigenvalue weighted by atomic mass is 16.5. The van der Waals surface area contributed by atoms with Gasteiger partial charge in [0.2, 0.25) is 5.54 Å². The number of urea groups is 1. The van der Waals surface area contributed by atoms with Crippen LogP contribution in [0.25, 0.3) is 0 Å². The van der Waals surface area contributed by atoms with Gasteiger partial charge >= 0.3 is 6.03 Å². The summed E-state index contributed by atoms with van der Waals surface area (Å²) >= 11 is 0. The predicted molar refractivity (Wildman–Crippen MR) is 148 cm³/mol. The summed E-state index contributed by atoms with van der Waals surface area (Å²) in [5, 5.41) is 8.47. The average molecular weight is 536 g/mol. The number of hydrogen-bond acceptors (Lipinski definition) is 5. The molecule has 3 unspecified atom stereocenters. The first kappa shape index (κ1) is 25.3. The molecule has 202 valence electrons. The predicted octanol–water partition coefficient (Wildman–Crippen LogP) is 2.86. The zero-order valence-electron chi connectivity index (χ0n) is 22.2. The van der Waals surface area contributed by atoms with Gasteiger partial charge in [-0.15, -0.1) is 0 Å². The zero-order valence-corrected chi connectivity index (χ0v) is 22.2. The Bertz CT molecular complexity index is 1580. The van der Waals surface area contributed by atoms with Crippen molar-refractivity contribution in [1.82, 2.24) is 25.8 Å². The highest BCUT2D eigenvalue weighted by molar-refractivity contribution is 6.10. The van der Waals surface area contributed by atoms with Gasteiger partial charge in [0.1, 0.15) is 5.75 Å². The summed E-state index contributed by atoms with van der Waals surface area (Å²) in [6, 6.07) is 16.6. The fourth-order valence-electron chi connectivity index (χ4n) is 5.50. The van der Waals surface area contributed by atoms with E-state index in [0.717, 1.165) is 29.1 Å². The molecule has 4 amide bonds. The number of nitrogens with zero attached hydrogens (tertiary/aromatic N) is 1. The maximum absolute atomic E-state index is 13.2. The largest absolute Gasteiger partial charge is 0.497 e. The van der Waals surface area contributed by atoms with Crippen molar-refractivity contribution in [3.8, 4) is 17.6 Å². The molecule has 0 bridgehead atoms. The lowest BCUT2D eigenvalue weighted by Gasteiger charge is -2.26. The SMILES string of the molecule is COc1ccc2c(c1)C(=O)N(CC1(C#Cc3ccc(C(C4=CC(C)CN4)c4ccc[nH]4)cc3)NC(=O)NC1=O)C2. The number of methoxy groups -OCH3 is 1. The number of nitrogens with one attached hydrogen (secondary N) is 4. The summed E-state index contributed by atoms with van der Waals surface area (Å²) in [5.41, 5.74) is 3.80. The van der Waals surface area contributed by atoms with Crippen LogP contribution in [0, 0.1) is 17.8 Å². The van der Waals surface area contributed by atoms with E-state index in [0.29, 0.717) is 29.3 Å². The van der Waals surface area contributed by atoms with Crippen molar-refractivity contribution in [2.45, 2.75) is 24.9 Å². The number of allylic oxidation sites excluding steroid dienone is 1. The molecule has 9 heteroatoms. The number of benzene rings is 2. The van der Waals surface area contributed by atoms with E-state index >= 15 is 0 Å². The van der Waals surface area contributed by atoms with Gasteiger partial charge < -0.3 is 25.3 Å². The smallest absolute Gasteiger partial charge is 0.323 e. The molecule has 6 rings (SSSR count). The summed E-state index contributed by atoms with van der Waals surface area (Å²) in [5.74, 6) is 6.29.